The molecule has 0 heterocycles. The number of halogens is 2. The van der Waals surface area contributed by atoms with Crippen molar-refractivity contribution >= 4 is 44.6 Å². The van der Waals surface area contributed by atoms with E-state index in [1.807, 2.05) is 0 Å². The largest absolute Gasteiger partial charge is 0.489 e. The van der Waals surface area contributed by atoms with Crippen LogP contribution in [0.15, 0.2) is 53.4 Å². The Balaban J connectivity index is 1.99. The maximum Gasteiger partial charge on any atom is 0.260 e. The van der Waals surface area contributed by atoms with E-state index >= 15 is 0 Å². The zero-order valence-corrected chi connectivity index (χ0v) is 16.0. The predicted molar refractivity (Wildman–Crippen MR) is 99.2 cm³/mol. The summed E-state index contributed by atoms with van der Waals surface area (Å²) in [7, 11) is -1.62. The van der Waals surface area contributed by atoms with E-state index < -0.39 is 20.6 Å². The Kier molecular flexibility index (Phi) is 6.32. The first-order chi connectivity index (χ1) is 11.7. The number of benzene rings is 2. The normalized spacial score (nSPS) is 11.4. The van der Waals surface area contributed by atoms with Crippen LogP contribution in [0.25, 0.3) is 0 Å². The summed E-state index contributed by atoms with van der Waals surface area (Å²) in [6.45, 7) is 0.295. The Morgan fingerprint density at radius 1 is 1.08 bits per heavy atom. The van der Waals surface area contributed by atoms with Gasteiger partial charge in [0.05, 0.1) is 4.90 Å². The van der Waals surface area contributed by atoms with Gasteiger partial charge in [-0.05, 0) is 42.0 Å². The quantitative estimate of drug-likeness (QED) is 0.695. The van der Waals surface area contributed by atoms with Crippen LogP contribution >= 0.6 is 23.2 Å². The molecule has 5 nitrogen and oxygen atoms in total. The highest BCUT2D eigenvalue weighted by Gasteiger charge is 2.18. The summed E-state index contributed by atoms with van der Waals surface area (Å²) in [5.74, 6) is 0.202. The molecule has 8 heteroatoms. The molecule has 0 aliphatic heterocycles. The molecule has 134 valence electrons. The van der Waals surface area contributed by atoms with Crippen molar-refractivity contribution in [1.82, 2.24) is 0 Å². The lowest BCUT2D eigenvalue weighted by Crippen LogP contribution is -2.30. The molecule has 25 heavy (non-hydrogen) atoms. The Hall–Kier alpha value is -1.76. The summed E-state index contributed by atoms with van der Waals surface area (Å²) >= 11 is 11.1. The smallest absolute Gasteiger partial charge is 0.260 e. The summed E-state index contributed by atoms with van der Waals surface area (Å²) in [6, 6.07) is 13.4. The zero-order valence-electron chi connectivity index (χ0n) is 13.6. The van der Waals surface area contributed by atoms with Crippen molar-refractivity contribution in [2.24, 2.45) is 0 Å². The number of hydrogen-bond acceptors (Lipinski definition) is 4. The highest BCUT2D eigenvalue weighted by atomic mass is 35.5. The number of nitrogens with zero attached hydrogens (tertiary/aromatic N) is 1. The second kappa shape index (κ2) is 8.08. The number of carbonyl (C=O) groups excluding carboxylic acids is 1. The molecule has 2 aromatic carbocycles. The number of ether oxygens (including phenoxy) is 1. The van der Waals surface area contributed by atoms with Gasteiger partial charge in [0, 0.05) is 19.0 Å². The minimum atomic E-state index is -3.20. The van der Waals surface area contributed by atoms with Gasteiger partial charge < -0.3 is 9.64 Å². The van der Waals surface area contributed by atoms with E-state index in [0.717, 1.165) is 5.56 Å². The average molecular weight is 402 g/mol. The molecule has 0 aromatic heterocycles. The Morgan fingerprint density at radius 3 is 2.12 bits per heavy atom. The van der Waals surface area contributed by atoms with Crippen LogP contribution in [-0.2, 0) is 21.2 Å². The van der Waals surface area contributed by atoms with Crippen LogP contribution in [-0.4, -0.2) is 32.5 Å². The van der Waals surface area contributed by atoms with E-state index in [-0.39, 0.29) is 4.90 Å². The van der Waals surface area contributed by atoms with Gasteiger partial charge in [0.15, 0.2) is 14.7 Å². The second-order valence-corrected chi connectivity index (χ2v) is 8.51. The number of anilines is 1. The molecular weight excluding hydrogens is 385 g/mol. The average Bonchev–Trinajstić information content (AvgIpc) is 2.58. The molecule has 2 aromatic rings. The van der Waals surface area contributed by atoms with Crippen molar-refractivity contribution in [2.45, 2.75) is 16.3 Å². The summed E-state index contributed by atoms with van der Waals surface area (Å²) in [4.78, 5) is 12.2. The maximum atomic E-state index is 11.7. The van der Waals surface area contributed by atoms with Crippen molar-refractivity contribution < 1.29 is 17.9 Å². The van der Waals surface area contributed by atoms with Crippen molar-refractivity contribution in [1.29, 1.82) is 0 Å². The highest BCUT2D eigenvalue weighted by Crippen LogP contribution is 2.21. The molecule has 2 rings (SSSR count). The SMILES string of the molecule is CN(C(=O)C(Cl)Cl)c1ccc(OCc2ccc(S(C)(=O)=O)cc2)cc1. The molecule has 0 spiro atoms. The van der Waals surface area contributed by atoms with Gasteiger partial charge in [0.2, 0.25) is 0 Å². The summed E-state index contributed by atoms with van der Waals surface area (Å²) < 4.78 is 28.5. The lowest BCUT2D eigenvalue weighted by atomic mass is 10.2. The van der Waals surface area contributed by atoms with E-state index in [1.165, 1.54) is 11.2 Å². The van der Waals surface area contributed by atoms with Crippen LogP contribution in [0.1, 0.15) is 5.56 Å². The van der Waals surface area contributed by atoms with Gasteiger partial charge in [-0.1, -0.05) is 35.3 Å². The Morgan fingerprint density at radius 2 is 1.64 bits per heavy atom. The Bertz CT molecular complexity index is 834. The third-order valence-corrected chi connectivity index (χ3v) is 5.00. The third kappa shape index (κ3) is 5.36. The van der Waals surface area contributed by atoms with E-state index in [1.54, 1.807) is 55.6 Å². The molecule has 0 saturated carbocycles. The van der Waals surface area contributed by atoms with Crippen molar-refractivity contribution in [3.8, 4) is 5.75 Å². The van der Waals surface area contributed by atoms with Crippen LogP contribution in [0, 0.1) is 0 Å². The lowest BCUT2D eigenvalue weighted by molar-refractivity contribution is -0.116. The predicted octanol–water partition coefficient (Wildman–Crippen LogP) is 3.44. The van der Waals surface area contributed by atoms with Crippen molar-refractivity contribution in [3.63, 3.8) is 0 Å². The second-order valence-electron chi connectivity index (χ2n) is 5.40. The van der Waals surface area contributed by atoms with Crippen LogP contribution < -0.4 is 9.64 Å². The topological polar surface area (TPSA) is 63.7 Å². The first-order valence-electron chi connectivity index (χ1n) is 7.26. The maximum absolute atomic E-state index is 11.7. The van der Waals surface area contributed by atoms with E-state index in [0.29, 0.717) is 18.0 Å². The van der Waals surface area contributed by atoms with Crippen LogP contribution in [0.4, 0.5) is 5.69 Å². The van der Waals surface area contributed by atoms with Gasteiger partial charge in [0.1, 0.15) is 12.4 Å². The standard InChI is InChI=1S/C17H17Cl2NO4S/c1-20(17(21)16(18)19)13-5-7-14(8-6-13)24-11-12-3-9-15(10-4-12)25(2,22)23/h3-10,16H,11H2,1-2H3. The minimum absolute atomic E-state index is 0.269. The number of carbonyl (C=O) groups is 1. The van der Waals surface area contributed by atoms with Gasteiger partial charge in [-0.3, -0.25) is 4.79 Å². The monoisotopic (exact) mass is 401 g/mol. The van der Waals surface area contributed by atoms with Crippen LogP contribution in [0.2, 0.25) is 0 Å². The molecule has 0 bridgehead atoms. The number of sulfone groups is 1. The highest BCUT2D eigenvalue weighted by molar-refractivity contribution is 7.90. The first kappa shape index (κ1) is 19.6. The van der Waals surface area contributed by atoms with Crippen LogP contribution in [0.3, 0.4) is 0 Å². The van der Waals surface area contributed by atoms with E-state index in [9.17, 15) is 13.2 Å². The fourth-order valence-electron chi connectivity index (χ4n) is 2.04. The molecule has 0 aliphatic carbocycles. The number of hydrogen-bond donors (Lipinski definition) is 0. The Labute approximate surface area is 157 Å². The van der Waals surface area contributed by atoms with E-state index in [2.05, 4.69) is 0 Å². The van der Waals surface area contributed by atoms with Crippen molar-refractivity contribution in [2.75, 3.05) is 18.2 Å². The summed E-state index contributed by atoms with van der Waals surface area (Å²) in [6.07, 6.45) is 1.17. The van der Waals surface area contributed by atoms with Crippen LogP contribution in [0.5, 0.6) is 5.75 Å². The van der Waals surface area contributed by atoms with Gasteiger partial charge in [-0.2, -0.15) is 0 Å². The van der Waals surface area contributed by atoms with Gasteiger partial charge in [-0.25, -0.2) is 8.42 Å². The van der Waals surface area contributed by atoms with Crippen molar-refractivity contribution in [3.05, 3.63) is 54.1 Å². The fraction of sp³-hybridized carbons (Fsp3) is 0.235. The molecule has 1 amide bonds. The minimum Gasteiger partial charge on any atom is -0.489 e. The molecule has 0 saturated heterocycles. The molecule has 0 N–H and O–H groups in total. The van der Waals surface area contributed by atoms with Gasteiger partial charge >= 0.3 is 0 Å². The molecule has 0 radical (unpaired) electrons. The molecule has 0 unspecified atom stereocenters. The zero-order chi connectivity index (χ0) is 18.6. The lowest BCUT2D eigenvalue weighted by Gasteiger charge is -2.18. The summed E-state index contributed by atoms with van der Waals surface area (Å²) in [5.41, 5.74) is 1.48. The fourth-order valence-corrected chi connectivity index (χ4v) is 2.96. The molecular formula is C17H17Cl2NO4S. The number of amides is 1. The van der Waals surface area contributed by atoms with E-state index in [4.69, 9.17) is 27.9 Å². The summed E-state index contributed by atoms with van der Waals surface area (Å²) in [5, 5.41) is 0. The van der Waals surface area contributed by atoms with Gasteiger partial charge in [-0.15, -0.1) is 0 Å². The van der Waals surface area contributed by atoms with Gasteiger partial charge in [0.25, 0.3) is 5.91 Å². The number of rotatable bonds is 6. The number of alkyl halides is 2. The molecule has 0 aliphatic rings. The third-order valence-electron chi connectivity index (χ3n) is 3.50. The molecule has 0 atom stereocenters. The first-order valence-corrected chi connectivity index (χ1v) is 10.0. The molecule has 0 fully saturated rings.